The van der Waals surface area contributed by atoms with Crippen molar-refractivity contribution in [3.05, 3.63) is 24.3 Å². The van der Waals surface area contributed by atoms with E-state index in [2.05, 4.69) is 15.3 Å². The molecule has 0 bridgehead atoms. The number of rotatable bonds is 4. The molecule has 0 aliphatic carbocycles. The van der Waals surface area contributed by atoms with Crippen molar-refractivity contribution in [2.45, 2.75) is 38.8 Å². The number of alkyl carbamates (subject to hydrolysis) is 1. The van der Waals surface area contributed by atoms with Crippen LogP contribution < -0.4 is 5.32 Å². The highest BCUT2D eigenvalue weighted by Crippen LogP contribution is 2.07. The molecule has 0 aliphatic heterocycles. The zero-order valence-electron chi connectivity index (χ0n) is 11.1. The smallest absolute Gasteiger partial charge is 0.408 e. The second-order valence-corrected chi connectivity index (χ2v) is 4.99. The van der Waals surface area contributed by atoms with Gasteiger partial charge in [-0.1, -0.05) is 0 Å². The van der Waals surface area contributed by atoms with E-state index in [1.54, 1.807) is 20.8 Å². The number of carboxylic acid groups (broad SMARTS) is 1. The van der Waals surface area contributed by atoms with Crippen LogP contribution >= 0.6 is 0 Å². The predicted molar refractivity (Wildman–Crippen MR) is 66.5 cm³/mol. The van der Waals surface area contributed by atoms with E-state index in [0.717, 1.165) is 0 Å². The van der Waals surface area contributed by atoms with Gasteiger partial charge in [-0.2, -0.15) is 0 Å². The van der Waals surface area contributed by atoms with E-state index in [0.29, 0.717) is 5.56 Å². The number of aromatic nitrogens is 2. The number of carboxylic acids is 1. The second kappa shape index (κ2) is 6.12. The number of aliphatic carboxylic acids is 1. The van der Waals surface area contributed by atoms with Crippen molar-refractivity contribution in [3.8, 4) is 0 Å². The van der Waals surface area contributed by atoms with Crippen LogP contribution in [0.4, 0.5) is 4.79 Å². The molecule has 0 radical (unpaired) electrons. The third-order valence-corrected chi connectivity index (χ3v) is 2.04. The summed E-state index contributed by atoms with van der Waals surface area (Å²) in [5.74, 6) is -1.14. The molecular formula is C12H17N3O4. The quantitative estimate of drug-likeness (QED) is 0.843. The van der Waals surface area contributed by atoms with Crippen molar-refractivity contribution < 1.29 is 19.4 Å². The molecule has 104 valence electrons. The molecule has 0 aromatic carbocycles. The van der Waals surface area contributed by atoms with E-state index in [-0.39, 0.29) is 6.42 Å². The molecule has 1 aromatic heterocycles. The third-order valence-electron chi connectivity index (χ3n) is 2.04. The summed E-state index contributed by atoms with van der Waals surface area (Å²) in [4.78, 5) is 30.2. The van der Waals surface area contributed by atoms with Crippen LogP contribution in [0, 0.1) is 0 Å². The van der Waals surface area contributed by atoms with Gasteiger partial charge < -0.3 is 15.2 Å². The first kappa shape index (κ1) is 14.9. The summed E-state index contributed by atoms with van der Waals surface area (Å²) in [5.41, 5.74) is -0.0610. The summed E-state index contributed by atoms with van der Waals surface area (Å²) < 4.78 is 5.01. The summed E-state index contributed by atoms with van der Waals surface area (Å²) in [6.45, 7) is 5.11. The lowest BCUT2D eigenvalue weighted by molar-refractivity contribution is -0.139. The number of carbonyl (C=O) groups is 2. The number of carbonyl (C=O) groups excluding carboxylic acids is 1. The van der Waals surface area contributed by atoms with Crippen molar-refractivity contribution in [1.82, 2.24) is 15.3 Å². The molecule has 2 N–H and O–H groups in total. The molecule has 0 aliphatic rings. The van der Waals surface area contributed by atoms with Crippen LogP contribution in [0.3, 0.4) is 0 Å². The lowest BCUT2D eigenvalue weighted by atomic mass is 10.1. The van der Waals surface area contributed by atoms with Gasteiger partial charge in [0, 0.05) is 18.8 Å². The molecule has 0 fully saturated rings. The molecule has 1 rings (SSSR count). The van der Waals surface area contributed by atoms with Crippen LogP contribution in [-0.2, 0) is 16.0 Å². The molecule has 19 heavy (non-hydrogen) atoms. The van der Waals surface area contributed by atoms with Gasteiger partial charge in [0.2, 0.25) is 0 Å². The Morgan fingerprint density at radius 2 is 1.95 bits per heavy atom. The standard InChI is InChI=1S/C12H17N3O4/c1-12(2,3)19-11(18)15-9(10(16)17)4-8-5-13-7-14-6-8/h5-7,9H,4H2,1-3H3,(H,15,18)(H,16,17)/t9-/m0/s1. The first-order valence-corrected chi connectivity index (χ1v) is 5.74. The number of nitrogens with zero attached hydrogens (tertiary/aromatic N) is 2. The molecule has 0 unspecified atom stereocenters. The van der Waals surface area contributed by atoms with E-state index in [9.17, 15) is 9.59 Å². The number of hydrogen-bond acceptors (Lipinski definition) is 5. The van der Waals surface area contributed by atoms with Gasteiger partial charge in [0.25, 0.3) is 0 Å². The fourth-order valence-electron chi connectivity index (χ4n) is 1.32. The zero-order valence-corrected chi connectivity index (χ0v) is 11.1. The maximum absolute atomic E-state index is 11.5. The highest BCUT2D eigenvalue weighted by molar-refractivity contribution is 5.80. The molecule has 0 spiro atoms. The van der Waals surface area contributed by atoms with Gasteiger partial charge in [-0.05, 0) is 26.3 Å². The van der Waals surface area contributed by atoms with E-state index < -0.39 is 23.7 Å². The van der Waals surface area contributed by atoms with Gasteiger partial charge in [0.05, 0.1) is 0 Å². The van der Waals surface area contributed by atoms with Crippen LogP contribution in [-0.4, -0.2) is 38.8 Å². The summed E-state index contributed by atoms with van der Waals surface area (Å²) in [7, 11) is 0. The number of amides is 1. The summed E-state index contributed by atoms with van der Waals surface area (Å²) in [6.07, 6.45) is 3.67. The molecule has 1 heterocycles. The van der Waals surface area contributed by atoms with Gasteiger partial charge in [-0.3, -0.25) is 0 Å². The summed E-state index contributed by atoms with van der Waals surface area (Å²) >= 11 is 0. The third kappa shape index (κ3) is 5.80. The molecule has 7 nitrogen and oxygen atoms in total. The van der Waals surface area contributed by atoms with Gasteiger partial charge in [-0.15, -0.1) is 0 Å². The van der Waals surface area contributed by atoms with Crippen LogP contribution in [0.2, 0.25) is 0 Å². The Bertz CT molecular complexity index is 442. The minimum absolute atomic E-state index is 0.0927. The fraction of sp³-hybridized carbons (Fsp3) is 0.500. The Morgan fingerprint density at radius 1 is 1.37 bits per heavy atom. The average Bonchev–Trinajstić information content (AvgIpc) is 2.26. The lowest BCUT2D eigenvalue weighted by Crippen LogP contribution is -2.44. The van der Waals surface area contributed by atoms with Crippen molar-refractivity contribution >= 4 is 12.1 Å². The number of nitrogens with one attached hydrogen (secondary N) is 1. The van der Waals surface area contributed by atoms with Gasteiger partial charge >= 0.3 is 12.1 Å². The number of hydrogen-bond donors (Lipinski definition) is 2. The Labute approximate surface area is 111 Å². The molecular weight excluding hydrogens is 250 g/mol. The van der Waals surface area contributed by atoms with Gasteiger partial charge in [0.1, 0.15) is 18.0 Å². The zero-order chi connectivity index (χ0) is 14.5. The van der Waals surface area contributed by atoms with E-state index in [4.69, 9.17) is 9.84 Å². The maximum atomic E-state index is 11.5. The summed E-state index contributed by atoms with van der Waals surface area (Å²) in [6, 6.07) is -1.08. The lowest BCUT2D eigenvalue weighted by Gasteiger charge is -2.21. The maximum Gasteiger partial charge on any atom is 0.408 e. The normalized spacial score (nSPS) is 12.6. The first-order valence-electron chi connectivity index (χ1n) is 5.74. The fourth-order valence-corrected chi connectivity index (χ4v) is 1.32. The number of ether oxygens (including phenoxy) is 1. The Morgan fingerprint density at radius 3 is 2.42 bits per heavy atom. The SMILES string of the molecule is CC(C)(C)OC(=O)N[C@@H](Cc1cncnc1)C(=O)O. The highest BCUT2D eigenvalue weighted by Gasteiger charge is 2.24. The van der Waals surface area contributed by atoms with Crippen molar-refractivity contribution in [3.63, 3.8) is 0 Å². The minimum Gasteiger partial charge on any atom is -0.480 e. The van der Waals surface area contributed by atoms with Crippen LogP contribution in [0.5, 0.6) is 0 Å². The predicted octanol–water partition coefficient (Wildman–Crippen LogP) is 0.997. The van der Waals surface area contributed by atoms with Crippen molar-refractivity contribution in [1.29, 1.82) is 0 Å². The Balaban J connectivity index is 2.64. The van der Waals surface area contributed by atoms with E-state index in [1.165, 1.54) is 18.7 Å². The largest absolute Gasteiger partial charge is 0.480 e. The topological polar surface area (TPSA) is 101 Å². The second-order valence-electron chi connectivity index (χ2n) is 4.99. The van der Waals surface area contributed by atoms with Crippen LogP contribution in [0.15, 0.2) is 18.7 Å². The first-order chi connectivity index (χ1) is 8.78. The van der Waals surface area contributed by atoms with Crippen LogP contribution in [0.25, 0.3) is 0 Å². The molecule has 0 saturated heterocycles. The highest BCUT2D eigenvalue weighted by atomic mass is 16.6. The average molecular weight is 267 g/mol. The van der Waals surface area contributed by atoms with E-state index in [1.807, 2.05) is 0 Å². The van der Waals surface area contributed by atoms with Crippen molar-refractivity contribution in [2.75, 3.05) is 0 Å². The Kier molecular flexibility index (Phi) is 4.80. The van der Waals surface area contributed by atoms with Crippen molar-refractivity contribution in [2.24, 2.45) is 0 Å². The molecule has 7 heteroatoms. The molecule has 1 amide bonds. The molecule has 0 saturated carbocycles. The van der Waals surface area contributed by atoms with Crippen LogP contribution in [0.1, 0.15) is 26.3 Å². The minimum atomic E-state index is -1.14. The Hall–Kier alpha value is -2.18. The molecule has 1 atom stereocenters. The summed E-state index contributed by atoms with van der Waals surface area (Å²) in [5, 5.41) is 11.4. The van der Waals surface area contributed by atoms with E-state index >= 15 is 0 Å². The van der Waals surface area contributed by atoms with Gasteiger partial charge in [-0.25, -0.2) is 19.6 Å². The monoisotopic (exact) mass is 267 g/mol. The van der Waals surface area contributed by atoms with Gasteiger partial charge in [0.15, 0.2) is 0 Å². The molecule has 1 aromatic rings.